The van der Waals surface area contributed by atoms with Gasteiger partial charge in [0.15, 0.2) is 0 Å². The number of nitriles is 1. The van der Waals surface area contributed by atoms with Gasteiger partial charge in [-0.1, -0.05) is 47.5 Å². The summed E-state index contributed by atoms with van der Waals surface area (Å²) in [6, 6.07) is 19.2. The molecular weight excluding hydrogens is 589 g/mol. The van der Waals surface area contributed by atoms with Crippen LogP contribution in [0.2, 0.25) is 10.0 Å². The topological polar surface area (TPSA) is 166 Å². The molecule has 3 aromatic rings. The number of hydrogen-bond donors (Lipinski definition) is 4. The van der Waals surface area contributed by atoms with Crippen molar-refractivity contribution in [3.8, 4) is 6.07 Å². The van der Waals surface area contributed by atoms with Gasteiger partial charge in [0.2, 0.25) is 15.9 Å². The number of likely N-dealkylation sites (tertiary alicyclic amines) is 1. The van der Waals surface area contributed by atoms with Crippen molar-refractivity contribution in [1.29, 1.82) is 5.26 Å². The number of hydrogen-bond acceptors (Lipinski definition) is 7. The van der Waals surface area contributed by atoms with Gasteiger partial charge in [0.05, 0.1) is 35.7 Å². The number of aliphatic hydroxyl groups excluding tert-OH is 1. The van der Waals surface area contributed by atoms with E-state index < -0.39 is 34.5 Å². The Labute approximate surface area is 247 Å². The molecule has 0 aromatic heterocycles. The van der Waals surface area contributed by atoms with Crippen LogP contribution in [0.25, 0.3) is 0 Å². The molecule has 0 radical (unpaired) electrons. The number of nitrogens with zero attached hydrogens (tertiary/aromatic N) is 2. The maximum Gasteiger partial charge on any atom is 0.252 e. The van der Waals surface area contributed by atoms with Crippen LogP contribution >= 0.6 is 23.2 Å². The molecule has 1 aliphatic heterocycles. The molecule has 214 valence electrons. The van der Waals surface area contributed by atoms with Crippen LogP contribution in [0.3, 0.4) is 0 Å². The van der Waals surface area contributed by atoms with Crippen LogP contribution in [-0.2, 0) is 14.8 Å². The first-order valence-corrected chi connectivity index (χ1v) is 14.9. The van der Waals surface area contributed by atoms with Crippen LogP contribution in [0.4, 0.5) is 5.69 Å². The second kappa shape index (κ2) is 12.9. The molecule has 5 N–H and O–H groups in total. The molecule has 3 aromatic carbocycles. The van der Waals surface area contributed by atoms with Crippen LogP contribution in [0.15, 0.2) is 66.7 Å². The molecular formula is C28H27Cl2N5O5S. The number of anilines is 1. The number of nitrogens with two attached hydrogens (primary N) is 1. The molecule has 4 rings (SSSR count). The van der Waals surface area contributed by atoms with Crippen molar-refractivity contribution in [1.82, 2.24) is 10.2 Å². The molecule has 2 amide bonds. The van der Waals surface area contributed by atoms with Crippen molar-refractivity contribution in [3.05, 3.63) is 99.0 Å². The first-order chi connectivity index (χ1) is 19.5. The molecule has 1 atom stereocenters. The Morgan fingerprint density at radius 2 is 1.59 bits per heavy atom. The molecule has 41 heavy (non-hydrogen) atoms. The van der Waals surface area contributed by atoms with Crippen LogP contribution in [0.1, 0.15) is 33.1 Å². The van der Waals surface area contributed by atoms with Crippen molar-refractivity contribution in [3.63, 3.8) is 0 Å². The lowest BCUT2D eigenvalue weighted by Crippen LogP contribution is -2.51. The molecule has 1 aliphatic rings. The molecule has 1 fully saturated rings. The van der Waals surface area contributed by atoms with E-state index in [1.54, 1.807) is 0 Å². The lowest BCUT2D eigenvalue weighted by atomic mass is 9.91. The largest absolute Gasteiger partial charge is 0.394 e. The zero-order chi connectivity index (χ0) is 29.7. The highest BCUT2D eigenvalue weighted by molar-refractivity contribution is 7.92. The van der Waals surface area contributed by atoms with Crippen molar-refractivity contribution in [2.75, 3.05) is 30.2 Å². The fourth-order valence-electron chi connectivity index (χ4n) is 4.69. The number of sulfonamides is 1. The lowest BCUT2D eigenvalue weighted by molar-refractivity contribution is -0.120. The molecule has 13 heteroatoms. The van der Waals surface area contributed by atoms with E-state index in [0.717, 1.165) is 11.1 Å². The Morgan fingerprint density at radius 3 is 2.07 bits per heavy atom. The number of benzene rings is 3. The highest BCUT2D eigenvalue weighted by Gasteiger charge is 2.36. The maximum absolute atomic E-state index is 13.1. The Kier molecular flexibility index (Phi) is 9.53. The van der Waals surface area contributed by atoms with E-state index in [9.17, 15) is 28.4 Å². The second-order valence-corrected chi connectivity index (χ2v) is 12.4. The second-order valence-electron chi connectivity index (χ2n) is 9.73. The van der Waals surface area contributed by atoms with Gasteiger partial charge in [0.1, 0.15) is 6.04 Å². The van der Waals surface area contributed by atoms with Crippen molar-refractivity contribution in [2.24, 2.45) is 11.7 Å². The third kappa shape index (κ3) is 7.75. The smallest absolute Gasteiger partial charge is 0.252 e. The number of halogens is 2. The number of aliphatic hydroxyl groups is 1. The van der Waals surface area contributed by atoms with Gasteiger partial charge in [0.25, 0.3) is 5.91 Å². The summed E-state index contributed by atoms with van der Waals surface area (Å²) in [5.74, 6) is -2.09. The average Bonchev–Trinajstić information content (AvgIpc) is 2.91. The highest BCUT2D eigenvalue weighted by Crippen LogP contribution is 2.36. The van der Waals surface area contributed by atoms with Crippen molar-refractivity contribution >= 4 is 50.7 Å². The molecule has 0 saturated carbocycles. The molecule has 0 bridgehead atoms. The predicted octanol–water partition coefficient (Wildman–Crippen LogP) is 2.90. The number of carbonyl (C=O) groups is 2. The molecule has 0 unspecified atom stereocenters. The minimum Gasteiger partial charge on any atom is -0.394 e. The summed E-state index contributed by atoms with van der Waals surface area (Å²) >= 11 is 12.2. The Morgan fingerprint density at radius 1 is 1.02 bits per heavy atom. The number of nitrogens with one attached hydrogen (secondary N) is 2. The van der Waals surface area contributed by atoms with E-state index in [1.165, 1.54) is 18.2 Å². The van der Waals surface area contributed by atoms with E-state index >= 15 is 0 Å². The van der Waals surface area contributed by atoms with Crippen molar-refractivity contribution < 1.29 is 23.1 Å². The minimum atomic E-state index is -3.86. The van der Waals surface area contributed by atoms with Crippen LogP contribution < -0.4 is 15.8 Å². The Bertz CT molecular complexity index is 1530. The summed E-state index contributed by atoms with van der Waals surface area (Å²) in [6.07, 6.45) is 0. The van der Waals surface area contributed by atoms with Crippen LogP contribution in [-0.4, -0.2) is 61.7 Å². The molecule has 1 saturated heterocycles. The summed E-state index contributed by atoms with van der Waals surface area (Å²) in [7, 11) is -3.86. The number of rotatable bonds is 11. The van der Waals surface area contributed by atoms with E-state index in [1.807, 2.05) is 54.6 Å². The van der Waals surface area contributed by atoms with E-state index in [-0.39, 0.29) is 34.5 Å². The summed E-state index contributed by atoms with van der Waals surface area (Å²) in [5, 5.41) is 22.1. The van der Waals surface area contributed by atoms with Gasteiger partial charge in [-0.05, 0) is 53.6 Å². The van der Waals surface area contributed by atoms with Crippen molar-refractivity contribution in [2.45, 2.75) is 12.1 Å². The fourth-order valence-corrected chi connectivity index (χ4v) is 6.34. The fraction of sp³-hybridized carbons (Fsp3) is 0.250. The predicted molar refractivity (Wildman–Crippen MR) is 156 cm³/mol. The van der Waals surface area contributed by atoms with Crippen LogP contribution in [0.5, 0.6) is 0 Å². The summed E-state index contributed by atoms with van der Waals surface area (Å²) in [4.78, 5) is 26.1. The number of primary amides is 1. The van der Waals surface area contributed by atoms with Crippen LogP contribution in [0, 0.1) is 17.2 Å². The first kappa shape index (κ1) is 30.3. The Hall–Kier alpha value is -3.66. The monoisotopic (exact) mass is 615 g/mol. The maximum atomic E-state index is 13.1. The zero-order valence-electron chi connectivity index (χ0n) is 21.6. The zero-order valence-corrected chi connectivity index (χ0v) is 24.0. The third-order valence-corrected chi connectivity index (χ3v) is 8.57. The van der Waals surface area contributed by atoms with Gasteiger partial charge in [-0.3, -0.25) is 19.2 Å². The normalized spacial score (nSPS) is 14.6. The quantitative estimate of drug-likeness (QED) is 0.257. The molecule has 0 spiro atoms. The first-order valence-electron chi connectivity index (χ1n) is 12.5. The minimum absolute atomic E-state index is 0.0187. The average molecular weight is 617 g/mol. The van der Waals surface area contributed by atoms with Gasteiger partial charge in [-0.15, -0.1) is 0 Å². The third-order valence-electron chi connectivity index (χ3n) is 6.61. The SMILES string of the molecule is N#Cc1cc(NS(=O)(=O)CC2CN(C(c3ccc(Cl)cc3)c3ccc(Cl)cc3)C2)cc(C(=O)N[C@@H](CO)C(N)=O)c1. The van der Waals surface area contributed by atoms with E-state index in [4.69, 9.17) is 28.9 Å². The lowest BCUT2D eigenvalue weighted by Gasteiger charge is -2.44. The Balaban J connectivity index is 1.45. The number of amides is 2. The van der Waals surface area contributed by atoms with Gasteiger partial charge < -0.3 is 16.2 Å². The highest BCUT2D eigenvalue weighted by atomic mass is 35.5. The summed E-state index contributed by atoms with van der Waals surface area (Å²) in [6.45, 7) is 0.310. The number of carbonyl (C=O) groups excluding carboxylic acids is 2. The van der Waals surface area contributed by atoms with E-state index in [2.05, 4.69) is 14.9 Å². The summed E-state index contributed by atoms with van der Waals surface area (Å²) < 4.78 is 28.6. The van der Waals surface area contributed by atoms with Gasteiger partial charge in [-0.25, -0.2) is 8.42 Å². The molecule has 1 heterocycles. The molecule has 10 nitrogen and oxygen atoms in total. The molecule has 0 aliphatic carbocycles. The van der Waals surface area contributed by atoms with Gasteiger partial charge >= 0.3 is 0 Å². The van der Waals surface area contributed by atoms with E-state index in [0.29, 0.717) is 23.1 Å². The summed E-state index contributed by atoms with van der Waals surface area (Å²) in [5.41, 5.74) is 7.13. The van der Waals surface area contributed by atoms with Gasteiger partial charge in [0, 0.05) is 34.6 Å². The van der Waals surface area contributed by atoms with Gasteiger partial charge in [-0.2, -0.15) is 5.26 Å². The standard InChI is InChI=1S/C28H27Cl2N5O5S/c29-22-5-1-19(2-6-22)26(20-3-7-23(30)8-4-20)35-13-18(14-35)16-41(39,40)34-24-10-17(12-31)9-21(11-24)28(38)33-25(15-36)27(32)37/h1-11,18,25-26,34,36H,13-16H2,(H2,32,37)(H,33,38)/t25-/m0/s1.